The number of likely N-dealkylation sites (N-methyl/N-ethyl adjacent to an activating group) is 1. The molecule has 17 heavy (non-hydrogen) atoms. The van der Waals surface area contributed by atoms with E-state index in [9.17, 15) is 4.79 Å². The predicted molar refractivity (Wildman–Crippen MR) is 69.2 cm³/mol. The van der Waals surface area contributed by atoms with Gasteiger partial charge in [0.05, 0.1) is 18.3 Å². The van der Waals surface area contributed by atoms with Crippen LogP contribution < -0.4 is 10.6 Å². The number of nitrogens with one attached hydrogen (secondary N) is 2. The number of aromatic nitrogens is 1. The minimum absolute atomic E-state index is 0.0199. The minimum Gasteiger partial charge on any atom is -0.346 e. The highest BCUT2D eigenvalue weighted by Crippen LogP contribution is 2.29. The minimum atomic E-state index is 0.0199. The van der Waals surface area contributed by atoms with Crippen molar-refractivity contribution in [1.82, 2.24) is 15.6 Å². The van der Waals surface area contributed by atoms with Crippen LogP contribution in [0.4, 0.5) is 0 Å². The highest BCUT2D eigenvalue weighted by molar-refractivity contribution is 7.11. The van der Waals surface area contributed by atoms with Crippen molar-refractivity contribution in [3.8, 4) is 0 Å². The molecule has 0 radical (unpaired) electrons. The predicted octanol–water partition coefficient (Wildman–Crippen LogP) is 1.42. The second-order valence-corrected chi connectivity index (χ2v) is 5.56. The average Bonchev–Trinajstić information content (AvgIpc) is 2.72. The van der Waals surface area contributed by atoms with Gasteiger partial charge in [0.25, 0.3) is 0 Å². The fourth-order valence-corrected chi connectivity index (χ4v) is 3.23. The molecule has 1 atom stereocenters. The van der Waals surface area contributed by atoms with Gasteiger partial charge in [-0.1, -0.05) is 0 Å². The van der Waals surface area contributed by atoms with E-state index in [4.69, 9.17) is 0 Å². The number of rotatable bonds is 4. The molecule has 1 heterocycles. The van der Waals surface area contributed by atoms with Gasteiger partial charge in [-0.25, -0.2) is 4.98 Å². The lowest BCUT2D eigenvalue weighted by atomic mass is 10.0. The Hall–Kier alpha value is -0.940. The first-order valence-electron chi connectivity index (χ1n) is 6.13. The van der Waals surface area contributed by atoms with Crippen molar-refractivity contribution in [2.24, 2.45) is 0 Å². The summed E-state index contributed by atoms with van der Waals surface area (Å²) in [6.45, 7) is 2.35. The van der Waals surface area contributed by atoms with Crippen LogP contribution in [0.2, 0.25) is 0 Å². The number of carbonyl (C=O) groups excluding carboxylic acids is 1. The standard InChI is InChI=1S/C12H19N3OS/c1-8(14-11(16)7-13-2)12-15-9-5-3-4-6-10(9)17-12/h8,13H,3-7H2,1-2H3,(H,14,16)/t8-/m1/s1. The summed E-state index contributed by atoms with van der Waals surface area (Å²) in [6.07, 6.45) is 4.78. The molecule has 0 aliphatic heterocycles. The van der Waals surface area contributed by atoms with Crippen LogP contribution in [0.25, 0.3) is 0 Å². The highest BCUT2D eigenvalue weighted by atomic mass is 32.1. The van der Waals surface area contributed by atoms with Crippen LogP contribution >= 0.6 is 11.3 Å². The monoisotopic (exact) mass is 253 g/mol. The van der Waals surface area contributed by atoms with Crippen LogP contribution in [-0.2, 0) is 17.6 Å². The molecule has 0 fully saturated rings. The number of carbonyl (C=O) groups is 1. The quantitative estimate of drug-likeness (QED) is 0.853. The first kappa shape index (κ1) is 12.5. The van der Waals surface area contributed by atoms with E-state index in [0.717, 1.165) is 17.8 Å². The zero-order valence-electron chi connectivity index (χ0n) is 10.4. The van der Waals surface area contributed by atoms with E-state index in [0.29, 0.717) is 6.54 Å². The van der Waals surface area contributed by atoms with Crippen molar-refractivity contribution >= 4 is 17.2 Å². The summed E-state index contributed by atoms with van der Waals surface area (Å²) in [7, 11) is 1.77. The summed E-state index contributed by atoms with van der Waals surface area (Å²) in [5.41, 5.74) is 1.26. The number of amides is 1. The zero-order valence-corrected chi connectivity index (χ0v) is 11.2. The van der Waals surface area contributed by atoms with Crippen LogP contribution in [-0.4, -0.2) is 24.5 Å². The van der Waals surface area contributed by atoms with Crippen molar-refractivity contribution in [3.05, 3.63) is 15.6 Å². The maximum absolute atomic E-state index is 11.5. The molecule has 1 aromatic rings. The lowest BCUT2D eigenvalue weighted by Gasteiger charge is -2.10. The first-order valence-corrected chi connectivity index (χ1v) is 6.94. The molecule has 4 nitrogen and oxygen atoms in total. The van der Waals surface area contributed by atoms with Crippen LogP contribution in [0.15, 0.2) is 0 Å². The van der Waals surface area contributed by atoms with E-state index in [1.165, 1.54) is 23.4 Å². The van der Waals surface area contributed by atoms with Gasteiger partial charge in [-0.2, -0.15) is 0 Å². The fourth-order valence-electron chi connectivity index (χ4n) is 2.07. The molecule has 1 aromatic heterocycles. The molecule has 5 heteroatoms. The van der Waals surface area contributed by atoms with Crippen molar-refractivity contribution in [3.63, 3.8) is 0 Å². The third kappa shape index (κ3) is 3.04. The van der Waals surface area contributed by atoms with Gasteiger partial charge in [0.2, 0.25) is 5.91 Å². The molecule has 0 saturated carbocycles. The fraction of sp³-hybridized carbons (Fsp3) is 0.667. The van der Waals surface area contributed by atoms with Crippen molar-refractivity contribution in [2.45, 2.75) is 38.6 Å². The molecule has 0 spiro atoms. The number of thiazole rings is 1. The summed E-state index contributed by atoms with van der Waals surface area (Å²) >= 11 is 1.76. The van der Waals surface area contributed by atoms with Crippen LogP contribution in [0.3, 0.4) is 0 Å². The number of hydrogen-bond acceptors (Lipinski definition) is 4. The molecule has 0 saturated heterocycles. The molecule has 0 aromatic carbocycles. The van der Waals surface area contributed by atoms with Gasteiger partial charge < -0.3 is 10.6 Å². The molecule has 0 unspecified atom stereocenters. The topological polar surface area (TPSA) is 54.0 Å². The van der Waals surface area contributed by atoms with Gasteiger partial charge in [0.15, 0.2) is 0 Å². The number of fused-ring (bicyclic) bond motifs is 1. The molecular formula is C12H19N3OS. The molecule has 1 aliphatic carbocycles. The Morgan fingerprint density at radius 1 is 1.47 bits per heavy atom. The third-order valence-corrected chi connectivity index (χ3v) is 4.29. The molecule has 2 N–H and O–H groups in total. The summed E-state index contributed by atoms with van der Waals surface area (Å²) in [5.74, 6) is 0.0215. The summed E-state index contributed by atoms with van der Waals surface area (Å²) < 4.78 is 0. The SMILES string of the molecule is CNCC(=O)N[C@H](C)c1nc2c(s1)CCCC2. The molecule has 2 rings (SSSR count). The lowest BCUT2D eigenvalue weighted by Crippen LogP contribution is -2.33. The van der Waals surface area contributed by atoms with Crippen LogP contribution in [0.5, 0.6) is 0 Å². The molecule has 94 valence electrons. The number of nitrogens with zero attached hydrogens (tertiary/aromatic N) is 1. The zero-order chi connectivity index (χ0) is 12.3. The smallest absolute Gasteiger partial charge is 0.234 e. The van der Waals surface area contributed by atoms with E-state index < -0.39 is 0 Å². The maximum Gasteiger partial charge on any atom is 0.234 e. The second-order valence-electron chi connectivity index (χ2n) is 4.45. The Morgan fingerprint density at radius 3 is 2.94 bits per heavy atom. The Kier molecular flexibility index (Phi) is 4.12. The summed E-state index contributed by atoms with van der Waals surface area (Å²) in [6, 6.07) is 0.0199. The van der Waals surface area contributed by atoms with Crippen LogP contribution in [0.1, 0.15) is 41.4 Å². The Morgan fingerprint density at radius 2 is 2.24 bits per heavy atom. The molecule has 0 bridgehead atoms. The highest BCUT2D eigenvalue weighted by Gasteiger charge is 2.19. The Balaban J connectivity index is 2.01. The van der Waals surface area contributed by atoms with E-state index >= 15 is 0 Å². The van der Waals surface area contributed by atoms with Gasteiger partial charge in [0, 0.05) is 4.88 Å². The van der Waals surface area contributed by atoms with Crippen molar-refractivity contribution in [1.29, 1.82) is 0 Å². The van der Waals surface area contributed by atoms with Crippen molar-refractivity contribution in [2.75, 3.05) is 13.6 Å². The molecular weight excluding hydrogens is 234 g/mol. The normalized spacial score (nSPS) is 16.4. The van der Waals surface area contributed by atoms with E-state index in [1.54, 1.807) is 18.4 Å². The van der Waals surface area contributed by atoms with Gasteiger partial charge in [0.1, 0.15) is 5.01 Å². The summed E-state index contributed by atoms with van der Waals surface area (Å²) in [5, 5.41) is 6.84. The van der Waals surface area contributed by atoms with Crippen molar-refractivity contribution < 1.29 is 4.79 Å². The third-order valence-electron chi connectivity index (χ3n) is 2.95. The van der Waals surface area contributed by atoms with Crippen LogP contribution in [0, 0.1) is 0 Å². The summed E-state index contributed by atoms with van der Waals surface area (Å²) in [4.78, 5) is 17.5. The molecule has 1 amide bonds. The van der Waals surface area contributed by atoms with E-state index in [2.05, 4.69) is 15.6 Å². The maximum atomic E-state index is 11.5. The average molecular weight is 253 g/mol. The second kappa shape index (κ2) is 5.60. The van der Waals surface area contributed by atoms with Gasteiger partial charge in [-0.05, 0) is 39.7 Å². The van der Waals surface area contributed by atoms with Gasteiger partial charge in [-0.15, -0.1) is 11.3 Å². The Labute approximate surface area is 106 Å². The number of aryl methyl sites for hydroxylation is 2. The number of hydrogen-bond donors (Lipinski definition) is 2. The lowest BCUT2D eigenvalue weighted by molar-refractivity contribution is -0.120. The molecule has 1 aliphatic rings. The Bertz CT molecular complexity index is 379. The van der Waals surface area contributed by atoms with Gasteiger partial charge in [-0.3, -0.25) is 4.79 Å². The van der Waals surface area contributed by atoms with Gasteiger partial charge >= 0.3 is 0 Å². The largest absolute Gasteiger partial charge is 0.346 e. The first-order chi connectivity index (χ1) is 8.20. The van der Waals surface area contributed by atoms with E-state index in [-0.39, 0.29) is 11.9 Å². The van der Waals surface area contributed by atoms with E-state index in [1.807, 2.05) is 6.92 Å².